The van der Waals surface area contributed by atoms with Gasteiger partial charge < -0.3 is 5.73 Å². The van der Waals surface area contributed by atoms with Crippen LogP contribution in [0.1, 0.15) is 16.8 Å². The van der Waals surface area contributed by atoms with Gasteiger partial charge in [-0.25, -0.2) is 9.37 Å². The number of nitrogens with zero attached hydrogens (tertiary/aromatic N) is 1. The molecule has 0 fully saturated rings. The lowest BCUT2D eigenvalue weighted by molar-refractivity contribution is 0.597. The van der Waals surface area contributed by atoms with Crippen LogP contribution >= 0.6 is 11.8 Å². The molecule has 0 aliphatic carbocycles. The molecule has 0 unspecified atom stereocenters. The quantitative estimate of drug-likeness (QED) is 0.920. The summed E-state index contributed by atoms with van der Waals surface area (Å²) >= 11 is 1.33. The van der Waals surface area contributed by atoms with Crippen LogP contribution in [0.3, 0.4) is 0 Å². The van der Waals surface area contributed by atoms with Crippen LogP contribution in [0, 0.1) is 19.7 Å². The topological polar surface area (TPSA) is 38.9 Å². The van der Waals surface area contributed by atoms with E-state index < -0.39 is 0 Å². The number of nitrogens with two attached hydrogens (primary N) is 1. The zero-order chi connectivity index (χ0) is 13.1. The normalized spacial score (nSPS) is 10.7. The maximum Gasteiger partial charge on any atom is 0.137 e. The molecular weight excluding hydrogens is 247 g/mol. The second-order valence-corrected chi connectivity index (χ2v) is 5.19. The molecule has 0 aliphatic heterocycles. The molecule has 0 saturated carbocycles. The monoisotopic (exact) mass is 262 g/mol. The van der Waals surface area contributed by atoms with Crippen LogP contribution in [0.25, 0.3) is 0 Å². The number of hydrogen-bond donors (Lipinski definition) is 1. The summed E-state index contributed by atoms with van der Waals surface area (Å²) in [5.41, 5.74) is 8.49. The molecule has 4 heteroatoms. The first-order chi connectivity index (χ1) is 8.60. The van der Waals surface area contributed by atoms with E-state index in [9.17, 15) is 4.39 Å². The SMILES string of the molecule is Cc1cc(C)nc(Sc2c(F)cccc2CN)c1. The van der Waals surface area contributed by atoms with E-state index in [0.29, 0.717) is 11.4 Å². The summed E-state index contributed by atoms with van der Waals surface area (Å²) in [5, 5.41) is 0.798. The van der Waals surface area contributed by atoms with Gasteiger partial charge in [0.25, 0.3) is 0 Å². The van der Waals surface area contributed by atoms with Crippen molar-refractivity contribution in [3.63, 3.8) is 0 Å². The molecule has 0 spiro atoms. The van der Waals surface area contributed by atoms with E-state index in [1.54, 1.807) is 6.07 Å². The molecule has 2 N–H and O–H groups in total. The second kappa shape index (κ2) is 5.50. The summed E-state index contributed by atoms with van der Waals surface area (Å²) in [6, 6.07) is 8.91. The second-order valence-electron chi connectivity index (χ2n) is 4.16. The third kappa shape index (κ3) is 2.89. The number of hydrogen-bond acceptors (Lipinski definition) is 3. The van der Waals surface area contributed by atoms with Crippen molar-refractivity contribution < 1.29 is 4.39 Å². The van der Waals surface area contributed by atoms with Crippen LogP contribution < -0.4 is 5.73 Å². The van der Waals surface area contributed by atoms with Crippen molar-refractivity contribution >= 4 is 11.8 Å². The number of halogens is 1. The Morgan fingerprint density at radius 3 is 2.72 bits per heavy atom. The number of pyridine rings is 1. The van der Waals surface area contributed by atoms with Gasteiger partial charge in [0.2, 0.25) is 0 Å². The fourth-order valence-electron chi connectivity index (χ4n) is 1.79. The predicted molar refractivity (Wildman–Crippen MR) is 72.1 cm³/mol. The lowest BCUT2D eigenvalue weighted by atomic mass is 10.2. The van der Waals surface area contributed by atoms with Gasteiger partial charge in [0.1, 0.15) is 10.8 Å². The number of aryl methyl sites for hydroxylation is 2. The van der Waals surface area contributed by atoms with Gasteiger partial charge in [0, 0.05) is 12.2 Å². The zero-order valence-electron chi connectivity index (χ0n) is 10.4. The third-order valence-electron chi connectivity index (χ3n) is 2.55. The van der Waals surface area contributed by atoms with Crippen LogP contribution in [-0.4, -0.2) is 4.98 Å². The third-order valence-corrected chi connectivity index (χ3v) is 3.63. The molecule has 2 rings (SSSR count). The first-order valence-electron chi connectivity index (χ1n) is 5.70. The Kier molecular flexibility index (Phi) is 3.99. The number of rotatable bonds is 3. The molecule has 1 aromatic carbocycles. The fourth-order valence-corrected chi connectivity index (χ4v) is 2.88. The van der Waals surface area contributed by atoms with Crippen molar-refractivity contribution in [3.05, 3.63) is 53.0 Å². The van der Waals surface area contributed by atoms with Crippen molar-refractivity contribution in [2.24, 2.45) is 5.73 Å². The van der Waals surface area contributed by atoms with E-state index in [4.69, 9.17) is 5.73 Å². The van der Waals surface area contributed by atoms with Gasteiger partial charge in [-0.15, -0.1) is 0 Å². The van der Waals surface area contributed by atoms with Crippen LogP contribution in [0.2, 0.25) is 0 Å². The summed E-state index contributed by atoms with van der Waals surface area (Å²) in [7, 11) is 0. The Balaban J connectivity index is 2.39. The molecule has 1 aromatic heterocycles. The minimum absolute atomic E-state index is 0.246. The van der Waals surface area contributed by atoms with Crippen LogP contribution in [0.15, 0.2) is 40.3 Å². The smallest absolute Gasteiger partial charge is 0.137 e. The lowest BCUT2D eigenvalue weighted by Crippen LogP contribution is -2.00. The molecule has 0 aliphatic rings. The maximum absolute atomic E-state index is 13.8. The van der Waals surface area contributed by atoms with E-state index in [1.165, 1.54) is 17.8 Å². The van der Waals surface area contributed by atoms with Crippen molar-refractivity contribution in [2.45, 2.75) is 30.3 Å². The van der Waals surface area contributed by atoms with E-state index in [1.807, 2.05) is 32.0 Å². The highest BCUT2D eigenvalue weighted by molar-refractivity contribution is 7.99. The van der Waals surface area contributed by atoms with Crippen LogP contribution in [0.5, 0.6) is 0 Å². The highest BCUT2D eigenvalue weighted by Gasteiger charge is 2.10. The van der Waals surface area contributed by atoms with Gasteiger partial charge >= 0.3 is 0 Å². The Morgan fingerprint density at radius 1 is 1.28 bits per heavy atom. The Labute approximate surface area is 110 Å². The van der Waals surface area contributed by atoms with Gasteiger partial charge in [-0.1, -0.05) is 23.9 Å². The van der Waals surface area contributed by atoms with Crippen molar-refractivity contribution in [1.82, 2.24) is 4.98 Å². The molecule has 0 radical (unpaired) electrons. The Hall–Kier alpha value is -1.39. The standard InChI is InChI=1S/C14H15FN2S/c1-9-6-10(2)17-13(7-9)18-14-11(8-16)4-3-5-12(14)15/h3-7H,8,16H2,1-2H3. The first-order valence-corrected chi connectivity index (χ1v) is 6.52. The average molecular weight is 262 g/mol. The molecule has 0 atom stereocenters. The van der Waals surface area contributed by atoms with Crippen LogP contribution in [0.4, 0.5) is 4.39 Å². The molecule has 18 heavy (non-hydrogen) atoms. The molecular formula is C14H15FN2S. The maximum atomic E-state index is 13.8. The van der Waals surface area contributed by atoms with E-state index in [0.717, 1.165) is 21.8 Å². The molecule has 0 bridgehead atoms. The van der Waals surface area contributed by atoms with Gasteiger partial charge in [0.05, 0.1) is 4.90 Å². The highest BCUT2D eigenvalue weighted by Crippen LogP contribution is 2.32. The summed E-state index contributed by atoms with van der Waals surface area (Å²) in [6.07, 6.45) is 0. The number of aromatic nitrogens is 1. The highest BCUT2D eigenvalue weighted by atomic mass is 32.2. The van der Waals surface area contributed by atoms with E-state index in [2.05, 4.69) is 4.98 Å². The molecule has 0 amide bonds. The van der Waals surface area contributed by atoms with Gasteiger partial charge in [0.15, 0.2) is 0 Å². The van der Waals surface area contributed by atoms with E-state index in [-0.39, 0.29) is 5.82 Å². The summed E-state index contributed by atoms with van der Waals surface area (Å²) in [5.74, 6) is -0.246. The summed E-state index contributed by atoms with van der Waals surface area (Å²) in [6.45, 7) is 4.26. The van der Waals surface area contributed by atoms with Crippen LogP contribution in [-0.2, 0) is 6.54 Å². The predicted octanol–water partition coefficient (Wildman–Crippen LogP) is 3.45. The fraction of sp³-hybridized carbons (Fsp3) is 0.214. The molecule has 2 aromatic rings. The Bertz CT molecular complexity index is 549. The minimum Gasteiger partial charge on any atom is -0.326 e. The molecule has 0 saturated heterocycles. The van der Waals surface area contributed by atoms with Gasteiger partial charge in [-0.05, 0) is 43.2 Å². The van der Waals surface area contributed by atoms with Gasteiger partial charge in [-0.3, -0.25) is 0 Å². The number of benzene rings is 1. The van der Waals surface area contributed by atoms with Crippen molar-refractivity contribution in [2.75, 3.05) is 0 Å². The van der Waals surface area contributed by atoms with Gasteiger partial charge in [-0.2, -0.15) is 0 Å². The summed E-state index contributed by atoms with van der Waals surface area (Å²) < 4.78 is 13.8. The largest absolute Gasteiger partial charge is 0.326 e. The first kappa shape index (κ1) is 13.1. The molecule has 1 heterocycles. The Morgan fingerprint density at radius 2 is 2.06 bits per heavy atom. The average Bonchev–Trinajstić information content (AvgIpc) is 2.30. The minimum atomic E-state index is -0.246. The van der Waals surface area contributed by atoms with Crippen molar-refractivity contribution in [3.8, 4) is 0 Å². The van der Waals surface area contributed by atoms with Crippen molar-refractivity contribution in [1.29, 1.82) is 0 Å². The van der Waals surface area contributed by atoms with E-state index >= 15 is 0 Å². The molecule has 94 valence electrons. The molecule has 2 nitrogen and oxygen atoms in total. The zero-order valence-corrected chi connectivity index (χ0v) is 11.2. The lowest BCUT2D eigenvalue weighted by Gasteiger charge is -2.09. The summed E-state index contributed by atoms with van der Waals surface area (Å²) in [4.78, 5) is 4.97.